The molecule has 0 aliphatic heterocycles. The number of hydrogen-bond acceptors (Lipinski definition) is 5. The zero-order chi connectivity index (χ0) is 28.1. The maximum atomic E-state index is 12.9. The first-order chi connectivity index (χ1) is 18.6. The second-order valence-electron chi connectivity index (χ2n) is 9.91. The quantitative estimate of drug-likeness (QED) is 0.0509. The first-order valence-corrected chi connectivity index (χ1v) is 14.8. The Balaban J connectivity index is 4.49. The molecule has 38 heavy (non-hydrogen) atoms. The highest BCUT2D eigenvalue weighted by molar-refractivity contribution is 5.79. The normalized spacial score (nSPS) is 11.3. The molecule has 0 aromatic rings. The maximum absolute atomic E-state index is 12.9. The van der Waals surface area contributed by atoms with Gasteiger partial charge in [0.15, 0.2) is 0 Å². The molecule has 11 nitrogen and oxygen atoms in total. The summed E-state index contributed by atoms with van der Waals surface area (Å²) in [7, 11) is 0. The van der Waals surface area contributed by atoms with Crippen LogP contribution in [0, 0.1) is 0 Å². The van der Waals surface area contributed by atoms with Crippen LogP contribution in [-0.2, 0) is 14.3 Å². The van der Waals surface area contributed by atoms with Crippen LogP contribution in [0.25, 0.3) is 20.9 Å². The van der Waals surface area contributed by atoms with E-state index in [0.717, 1.165) is 38.8 Å². The molecule has 0 aliphatic carbocycles. The minimum Gasteiger partial charge on any atom is -0.362 e. The average Bonchev–Trinajstić information content (AvgIpc) is 2.91. The van der Waals surface area contributed by atoms with Gasteiger partial charge < -0.3 is 15.0 Å². The van der Waals surface area contributed by atoms with Gasteiger partial charge in [-0.25, -0.2) is 0 Å². The first kappa shape index (κ1) is 35.5. The van der Waals surface area contributed by atoms with Crippen LogP contribution in [0.1, 0.15) is 117 Å². The standard InChI is InChI=1S/C27H52N8O3/c1-3-5-7-9-11-13-15-17-19-35(20-18-16-14-12-10-8-6-4-2)27(37)24-38-23-26(36)32-25(21-30-33-28)22-31-34-29/h25H,3-24H2,1-2H3,(H,32,36). The fraction of sp³-hybridized carbons (Fsp3) is 0.926. The zero-order valence-corrected chi connectivity index (χ0v) is 24.0. The van der Waals surface area contributed by atoms with Crippen molar-refractivity contribution in [3.05, 3.63) is 20.9 Å². The summed E-state index contributed by atoms with van der Waals surface area (Å²) in [5.74, 6) is -0.551. The number of nitrogens with zero attached hydrogens (tertiary/aromatic N) is 7. The summed E-state index contributed by atoms with van der Waals surface area (Å²) >= 11 is 0. The molecule has 11 heteroatoms. The third kappa shape index (κ3) is 22.7. The van der Waals surface area contributed by atoms with Crippen molar-refractivity contribution < 1.29 is 14.3 Å². The van der Waals surface area contributed by atoms with Crippen LogP contribution in [0.2, 0.25) is 0 Å². The Morgan fingerprint density at radius 1 is 0.711 bits per heavy atom. The summed E-state index contributed by atoms with van der Waals surface area (Å²) < 4.78 is 5.40. The Kier molecular flexibility index (Phi) is 25.8. The predicted octanol–water partition coefficient (Wildman–Crippen LogP) is 7.22. The van der Waals surface area contributed by atoms with Gasteiger partial charge in [0, 0.05) is 42.0 Å². The molecule has 0 aromatic carbocycles. The lowest BCUT2D eigenvalue weighted by Gasteiger charge is -2.23. The number of unbranched alkanes of at least 4 members (excludes halogenated alkanes) is 14. The fourth-order valence-corrected chi connectivity index (χ4v) is 4.25. The molecule has 2 amide bonds. The van der Waals surface area contributed by atoms with Crippen LogP contribution in [0.3, 0.4) is 0 Å². The van der Waals surface area contributed by atoms with Gasteiger partial charge in [-0.1, -0.05) is 114 Å². The lowest BCUT2D eigenvalue weighted by atomic mass is 10.1. The molecule has 0 bridgehead atoms. The zero-order valence-electron chi connectivity index (χ0n) is 24.0. The van der Waals surface area contributed by atoms with Crippen LogP contribution >= 0.6 is 0 Å². The summed E-state index contributed by atoms with van der Waals surface area (Å²) in [6.07, 6.45) is 19.4. The Hall–Kier alpha value is -2.48. The highest BCUT2D eigenvalue weighted by Gasteiger charge is 2.15. The lowest BCUT2D eigenvalue weighted by Crippen LogP contribution is -2.42. The molecule has 1 N–H and O–H groups in total. The average molecular weight is 537 g/mol. The Morgan fingerprint density at radius 2 is 1.13 bits per heavy atom. The number of hydrogen-bond donors (Lipinski definition) is 1. The number of amides is 2. The minimum absolute atomic E-state index is 0.0365. The highest BCUT2D eigenvalue weighted by atomic mass is 16.5. The Bertz CT molecular complexity index is 654. The second-order valence-corrected chi connectivity index (χ2v) is 9.91. The molecule has 0 aliphatic rings. The van der Waals surface area contributed by atoms with Gasteiger partial charge >= 0.3 is 0 Å². The summed E-state index contributed by atoms with van der Waals surface area (Å²) in [6, 6.07) is -0.617. The van der Waals surface area contributed by atoms with E-state index in [2.05, 4.69) is 39.2 Å². The molecule has 0 spiro atoms. The molecule has 0 unspecified atom stereocenters. The summed E-state index contributed by atoms with van der Waals surface area (Å²) in [4.78, 5) is 32.2. The van der Waals surface area contributed by atoms with Gasteiger partial charge in [-0.3, -0.25) is 9.59 Å². The van der Waals surface area contributed by atoms with E-state index in [1.807, 2.05) is 4.90 Å². The van der Waals surface area contributed by atoms with E-state index < -0.39 is 11.9 Å². The number of nitrogens with one attached hydrogen (secondary N) is 1. The SMILES string of the molecule is CCCCCCCCCCN(CCCCCCCCCC)C(=O)COCC(=O)NC(CN=[N+]=[N-])CN=[N+]=[N-]. The molecule has 0 rings (SSSR count). The molecule has 0 atom stereocenters. The molecule has 0 fully saturated rings. The largest absolute Gasteiger partial charge is 0.362 e. The predicted molar refractivity (Wildman–Crippen MR) is 153 cm³/mol. The summed E-state index contributed by atoms with van der Waals surface area (Å²) in [5.41, 5.74) is 16.9. The number of rotatable bonds is 27. The van der Waals surface area contributed by atoms with Crippen LogP contribution in [0.4, 0.5) is 0 Å². The van der Waals surface area contributed by atoms with E-state index in [1.54, 1.807) is 0 Å². The maximum Gasteiger partial charge on any atom is 0.248 e. The Labute approximate surface area is 229 Å². The molecule has 0 saturated carbocycles. The van der Waals surface area contributed by atoms with E-state index in [0.29, 0.717) is 0 Å². The molecule has 0 saturated heterocycles. The molecular weight excluding hydrogens is 484 g/mol. The van der Waals surface area contributed by atoms with Crippen LogP contribution in [0.5, 0.6) is 0 Å². The third-order valence-electron chi connectivity index (χ3n) is 6.47. The van der Waals surface area contributed by atoms with Crippen molar-refractivity contribution in [2.75, 3.05) is 39.4 Å². The van der Waals surface area contributed by atoms with Crippen LogP contribution < -0.4 is 5.32 Å². The topological polar surface area (TPSA) is 156 Å². The second kappa shape index (κ2) is 27.6. The molecule has 218 valence electrons. The molecule has 0 radical (unpaired) electrons. The fourth-order valence-electron chi connectivity index (χ4n) is 4.25. The summed E-state index contributed by atoms with van der Waals surface area (Å²) in [5, 5.41) is 9.43. The molecular formula is C27H52N8O3. The van der Waals surface area contributed by atoms with Gasteiger partial charge in [-0.15, -0.1) is 0 Å². The van der Waals surface area contributed by atoms with Crippen molar-refractivity contribution in [2.24, 2.45) is 10.2 Å². The number of azide groups is 2. The number of carbonyl (C=O) groups excluding carboxylic acids is 2. The Morgan fingerprint density at radius 3 is 1.55 bits per heavy atom. The van der Waals surface area contributed by atoms with E-state index in [-0.39, 0.29) is 32.2 Å². The van der Waals surface area contributed by atoms with Crippen molar-refractivity contribution in [3.8, 4) is 0 Å². The number of carbonyl (C=O) groups is 2. The van der Waals surface area contributed by atoms with Crippen molar-refractivity contribution in [2.45, 2.75) is 123 Å². The molecule has 0 aromatic heterocycles. The van der Waals surface area contributed by atoms with Crippen molar-refractivity contribution in [1.29, 1.82) is 0 Å². The van der Waals surface area contributed by atoms with Crippen LogP contribution in [-0.4, -0.2) is 62.1 Å². The van der Waals surface area contributed by atoms with Crippen molar-refractivity contribution >= 4 is 11.8 Å². The van der Waals surface area contributed by atoms with Gasteiger partial charge in [-0.05, 0) is 23.9 Å². The smallest absolute Gasteiger partial charge is 0.248 e. The number of ether oxygens (including phenoxy) is 1. The first-order valence-electron chi connectivity index (χ1n) is 14.8. The van der Waals surface area contributed by atoms with Gasteiger partial charge in [-0.2, -0.15) is 0 Å². The van der Waals surface area contributed by atoms with Gasteiger partial charge in [0.05, 0.1) is 0 Å². The molecule has 0 heterocycles. The van der Waals surface area contributed by atoms with Crippen molar-refractivity contribution in [1.82, 2.24) is 10.2 Å². The lowest BCUT2D eigenvalue weighted by molar-refractivity contribution is -0.138. The van der Waals surface area contributed by atoms with E-state index in [9.17, 15) is 9.59 Å². The minimum atomic E-state index is -0.617. The van der Waals surface area contributed by atoms with E-state index in [4.69, 9.17) is 15.8 Å². The monoisotopic (exact) mass is 536 g/mol. The third-order valence-corrected chi connectivity index (χ3v) is 6.47. The van der Waals surface area contributed by atoms with Crippen LogP contribution in [0.15, 0.2) is 10.2 Å². The summed E-state index contributed by atoms with van der Waals surface area (Å²) in [6.45, 7) is 5.37. The van der Waals surface area contributed by atoms with Gasteiger partial charge in [0.1, 0.15) is 13.2 Å². The van der Waals surface area contributed by atoms with Crippen molar-refractivity contribution in [3.63, 3.8) is 0 Å². The van der Waals surface area contributed by atoms with Gasteiger partial charge in [0.25, 0.3) is 0 Å². The van der Waals surface area contributed by atoms with E-state index >= 15 is 0 Å². The van der Waals surface area contributed by atoms with Gasteiger partial charge in [0.2, 0.25) is 11.8 Å². The highest BCUT2D eigenvalue weighted by Crippen LogP contribution is 2.11. The van der Waals surface area contributed by atoms with E-state index in [1.165, 1.54) is 77.0 Å².